The van der Waals surface area contributed by atoms with Crippen LogP contribution in [-0.2, 0) is 4.79 Å². The van der Waals surface area contributed by atoms with E-state index in [4.69, 9.17) is 9.47 Å². The van der Waals surface area contributed by atoms with E-state index < -0.39 is 0 Å². The molecule has 1 atom stereocenters. The van der Waals surface area contributed by atoms with Crippen LogP contribution >= 0.6 is 0 Å². The van der Waals surface area contributed by atoms with Crippen LogP contribution in [0, 0.1) is 0 Å². The fourth-order valence-corrected chi connectivity index (χ4v) is 4.42. The number of aliphatic hydroxyl groups excluding tert-OH is 1. The first-order valence-electron chi connectivity index (χ1n) is 11.1. The van der Waals surface area contributed by atoms with Gasteiger partial charge in [-0.1, -0.05) is 0 Å². The smallest absolute Gasteiger partial charge is 0.258 e. The summed E-state index contributed by atoms with van der Waals surface area (Å²) in [5.41, 5.74) is 0.527. The zero-order valence-electron chi connectivity index (χ0n) is 18.1. The van der Waals surface area contributed by atoms with Crippen molar-refractivity contribution in [2.75, 3.05) is 33.4 Å². The third kappa shape index (κ3) is 5.45. The van der Waals surface area contributed by atoms with Crippen LogP contribution in [0.15, 0.2) is 18.2 Å². The van der Waals surface area contributed by atoms with Gasteiger partial charge >= 0.3 is 0 Å². The molecule has 0 bridgehead atoms. The van der Waals surface area contributed by atoms with Crippen molar-refractivity contribution < 1.29 is 24.2 Å². The van der Waals surface area contributed by atoms with Crippen LogP contribution in [0.3, 0.4) is 0 Å². The van der Waals surface area contributed by atoms with E-state index in [9.17, 15) is 14.7 Å². The highest BCUT2D eigenvalue weighted by atomic mass is 16.5. The number of hydrogen-bond acceptors (Lipinski definition) is 5. The van der Waals surface area contributed by atoms with Crippen molar-refractivity contribution in [1.82, 2.24) is 9.80 Å². The van der Waals surface area contributed by atoms with Crippen molar-refractivity contribution >= 4 is 11.8 Å². The molecule has 1 N–H and O–H groups in total. The molecule has 7 nitrogen and oxygen atoms in total. The first kappa shape index (κ1) is 22.4. The van der Waals surface area contributed by atoms with Crippen molar-refractivity contribution in [3.63, 3.8) is 0 Å². The quantitative estimate of drug-likeness (QED) is 0.737. The second kappa shape index (κ2) is 10.7. The highest BCUT2D eigenvalue weighted by molar-refractivity contribution is 5.97. The van der Waals surface area contributed by atoms with E-state index >= 15 is 0 Å². The van der Waals surface area contributed by atoms with Gasteiger partial charge in [0.05, 0.1) is 12.7 Å². The average Bonchev–Trinajstić information content (AvgIpc) is 2.78. The Hall–Kier alpha value is -2.28. The number of methoxy groups -OCH3 is 1. The van der Waals surface area contributed by atoms with Crippen molar-refractivity contribution in [3.8, 4) is 11.5 Å². The second-order valence-electron chi connectivity index (χ2n) is 8.20. The molecule has 2 aliphatic heterocycles. The summed E-state index contributed by atoms with van der Waals surface area (Å²) in [6, 6.07) is 5.54. The fraction of sp³-hybridized carbons (Fsp3) is 0.652. The molecule has 30 heavy (non-hydrogen) atoms. The highest BCUT2D eigenvalue weighted by Gasteiger charge is 2.30. The van der Waals surface area contributed by atoms with Gasteiger partial charge in [0.2, 0.25) is 5.91 Å². The number of ether oxygens (including phenoxy) is 2. The average molecular weight is 419 g/mol. The van der Waals surface area contributed by atoms with Crippen LogP contribution in [0.25, 0.3) is 0 Å². The number of hydrogen-bond donors (Lipinski definition) is 1. The molecule has 2 saturated heterocycles. The lowest BCUT2D eigenvalue weighted by Crippen LogP contribution is -2.44. The number of carbonyl (C=O) groups is 2. The predicted molar refractivity (Wildman–Crippen MR) is 114 cm³/mol. The van der Waals surface area contributed by atoms with Gasteiger partial charge in [-0.05, 0) is 50.3 Å². The molecule has 0 aromatic heterocycles. The zero-order chi connectivity index (χ0) is 21.5. The minimum Gasteiger partial charge on any atom is -0.497 e. The third-order valence-electron chi connectivity index (χ3n) is 6.18. The van der Waals surface area contributed by atoms with E-state index in [0.29, 0.717) is 36.6 Å². The minimum atomic E-state index is -0.0345. The SMILES string of the molecule is COc1ccc(OC2CCN(C(C)=O)CC2)c(C(=O)N2CCCCC2CCCO)c1. The molecule has 1 unspecified atom stereocenters. The Bertz CT molecular complexity index is 730. The molecule has 0 radical (unpaired) electrons. The lowest BCUT2D eigenvalue weighted by atomic mass is 9.96. The Morgan fingerprint density at radius 2 is 1.90 bits per heavy atom. The lowest BCUT2D eigenvalue weighted by molar-refractivity contribution is -0.130. The maximum atomic E-state index is 13.5. The van der Waals surface area contributed by atoms with E-state index in [1.54, 1.807) is 20.1 Å². The molecule has 0 saturated carbocycles. The predicted octanol–water partition coefficient (Wildman–Crippen LogP) is 2.85. The number of carbonyl (C=O) groups excluding carboxylic acids is 2. The molecule has 1 aromatic carbocycles. The topological polar surface area (TPSA) is 79.3 Å². The molecule has 166 valence electrons. The van der Waals surface area contributed by atoms with E-state index in [2.05, 4.69) is 0 Å². The third-order valence-corrected chi connectivity index (χ3v) is 6.18. The monoisotopic (exact) mass is 418 g/mol. The number of aliphatic hydroxyl groups is 1. The van der Waals surface area contributed by atoms with Crippen molar-refractivity contribution in [1.29, 1.82) is 0 Å². The summed E-state index contributed by atoms with van der Waals surface area (Å²) in [4.78, 5) is 28.9. The molecule has 3 rings (SSSR count). The number of piperidine rings is 2. The number of likely N-dealkylation sites (tertiary alicyclic amines) is 2. The molecule has 2 aliphatic rings. The number of amides is 2. The summed E-state index contributed by atoms with van der Waals surface area (Å²) < 4.78 is 11.6. The molecule has 0 spiro atoms. The summed E-state index contributed by atoms with van der Waals surface area (Å²) in [7, 11) is 1.59. The second-order valence-corrected chi connectivity index (χ2v) is 8.20. The van der Waals surface area contributed by atoms with Crippen molar-refractivity contribution in [3.05, 3.63) is 23.8 Å². The molecular weight excluding hydrogens is 384 g/mol. The Morgan fingerprint density at radius 1 is 1.13 bits per heavy atom. The van der Waals surface area contributed by atoms with Crippen LogP contribution in [-0.4, -0.2) is 72.2 Å². The largest absolute Gasteiger partial charge is 0.497 e. The van der Waals surface area contributed by atoms with Crippen LogP contribution < -0.4 is 9.47 Å². The van der Waals surface area contributed by atoms with Gasteiger partial charge in [-0.25, -0.2) is 0 Å². The van der Waals surface area contributed by atoms with Crippen molar-refractivity contribution in [2.24, 2.45) is 0 Å². The summed E-state index contributed by atoms with van der Waals surface area (Å²) in [5, 5.41) is 9.22. The van der Waals surface area contributed by atoms with E-state index in [-0.39, 0.29) is 30.6 Å². The van der Waals surface area contributed by atoms with Gasteiger partial charge in [-0.2, -0.15) is 0 Å². The summed E-state index contributed by atoms with van der Waals surface area (Å²) in [6.45, 7) is 3.81. The molecule has 7 heteroatoms. The first-order valence-corrected chi connectivity index (χ1v) is 11.1. The van der Waals surface area contributed by atoms with Gasteiger partial charge in [0.15, 0.2) is 0 Å². The van der Waals surface area contributed by atoms with Crippen LogP contribution in [0.2, 0.25) is 0 Å². The summed E-state index contributed by atoms with van der Waals surface area (Å²) in [6.07, 6.45) is 6.06. The van der Waals surface area contributed by atoms with Crippen LogP contribution in [0.1, 0.15) is 62.2 Å². The Kier molecular flexibility index (Phi) is 7.96. The van der Waals surface area contributed by atoms with Gasteiger partial charge in [-0.3, -0.25) is 9.59 Å². The summed E-state index contributed by atoms with van der Waals surface area (Å²) in [5.74, 6) is 1.26. The normalized spacial score (nSPS) is 20.2. The van der Waals surface area contributed by atoms with Gasteiger partial charge in [0.25, 0.3) is 5.91 Å². The zero-order valence-corrected chi connectivity index (χ0v) is 18.1. The first-order chi connectivity index (χ1) is 14.5. The highest BCUT2D eigenvalue weighted by Crippen LogP contribution is 2.31. The van der Waals surface area contributed by atoms with Crippen LogP contribution in [0.4, 0.5) is 0 Å². The molecule has 2 amide bonds. The Morgan fingerprint density at radius 3 is 2.57 bits per heavy atom. The Balaban J connectivity index is 1.77. The standard InChI is InChI=1S/C23H34N2O5/c1-17(27)24-13-10-19(11-14-24)30-22-9-8-20(29-2)16-21(22)23(28)25-12-4-3-6-18(25)7-5-15-26/h8-9,16,18-19,26H,3-7,10-15H2,1-2H3. The Labute approximate surface area is 178 Å². The number of benzene rings is 1. The maximum absolute atomic E-state index is 13.5. The molecule has 2 fully saturated rings. The lowest BCUT2D eigenvalue weighted by Gasteiger charge is -2.36. The van der Waals surface area contributed by atoms with E-state index in [1.807, 2.05) is 21.9 Å². The molecule has 0 aliphatic carbocycles. The van der Waals surface area contributed by atoms with Gasteiger partial charge in [-0.15, -0.1) is 0 Å². The fourth-order valence-electron chi connectivity index (χ4n) is 4.42. The number of rotatable bonds is 7. The molecule has 1 aromatic rings. The van der Waals surface area contributed by atoms with Crippen LogP contribution in [0.5, 0.6) is 11.5 Å². The molecule has 2 heterocycles. The minimum absolute atomic E-state index is 0.0212. The van der Waals surface area contributed by atoms with Gasteiger partial charge in [0.1, 0.15) is 17.6 Å². The maximum Gasteiger partial charge on any atom is 0.258 e. The van der Waals surface area contributed by atoms with E-state index in [0.717, 1.165) is 45.1 Å². The van der Waals surface area contributed by atoms with Gasteiger partial charge in [0, 0.05) is 52.0 Å². The van der Waals surface area contributed by atoms with E-state index in [1.165, 1.54) is 0 Å². The molecular formula is C23H34N2O5. The summed E-state index contributed by atoms with van der Waals surface area (Å²) >= 11 is 0. The number of nitrogens with zero attached hydrogens (tertiary/aromatic N) is 2. The van der Waals surface area contributed by atoms with Gasteiger partial charge < -0.3 is 24.4 Å². The van der Waals surface area contributed by atoms with Crippen molar-refractivity contribution in [2.45, 2.75) is 64.0 Å².